The van der Waals surface area contributed by atoms with Crippen LogP contribution in [0.4, 0.5) is 13.2 Å². The summed E-state index contributed by atoms with van der Waals surface area (Å²) in [7, 11) is 0. The van der Waals surface area contributed by atoms with Gasteiger partial charge in [0.2, 0.25) is 5.91 Å². The molecule has 124 valence electrons. The molecule has 1 rings (SSSR count). The Morgan fingerprint density at radius 2 is 2.00 bits per heavy atom. The van der Waals surface area contributed by atoms with Crippen molar-refractivity contribution in [3.05, 3.63) is 0 Å². The second kappa shape index (κ2) is 8.01. The van der Waals surface area contributed by atoms with Gasteiger partial charge in [-0.05, 0) is 18.8 Å². The van der Waals surface area contributed by atoms with Gasteiger partial charge in [0.25, 0.3) is 0 Å². The Bertz CT molecular complexity index is 331. The molecule has 3 nitrogen and oxygen atoms in total. The van der Waals surface area contributed by atoms with E-state index in [1.54, 1.807) is 4.90 Å². The van der Waals surface area contributed by atoms with Crippen LogP contribution in [0.2, 0.25) is 0 Å². The minimum Gasteiger partial charge on any atom is -0.341 e. The summed E-state index contributed by atoms with van der Waals surface area (Å²) in [5, 5.41) is 2.57. The van der Waals surface area contributed by atoms with Gasteiger partial charge < -0.3 is 10.2 Å². The van der Waals surface area contributed by atoms with Gasteiger partial charge in [0.15, 0.2) is 0 Å². The van der Waals surface area contributed by atoms with Crippen LogP contribution in [0.25, 0.3) is 0 Å². The zero-order valence-electron chi connectivity index (χ0n) is 13.2. The summed E-state index contributed by atoms with van der Waals surface area (Å²) in [4.78, 5) is 13.9. The fourth-order valence-corrected chi connectivity index (χ4v) is 2.86. The molecule has 0 spiro atoms. The Kier molecular flexibility index (Phi) is 6.97. The molecule has 0 aromatic rings. The Morgan fingerprint density at radius 3 is 2.52 bits per heavy atom. The highest BCUT2D eigenvalue weighted by Crippen LogP contribution is 2.24. The lowest BCUT2D eigenvalue weighted by Crippen LogP contribution is -2.53. The third-order valence-corrected chi connectivity index (χ3v) is 3.90. The number of hydrogen-bond acceptors (Lipinski definition) is 2. The molecule has 21 heavy (non-hydrogen) atoms. The number of amides is 1. The Morgan fingerprint density at radius 1 is 1.33 bits per heavy atom. The molecular formula is C15H27F3N2O. The molecule has 0 aromatic carbocycles. The van der Waals surface area contributed by atoms with E-state index in [9.17, 15) is 18.0 Å². The monoisotopic (exact) mass is 308 g/mol. The molecule has 1 amide bonds. The van der Waals surface area contributed by atoms with Crippen molar-refractivity contribution < 1.29 is 18.0 Å². The lowest BCUT2D eigenvalue weighted by Gasteiger charge is -2.39. The quantitative estimate of drug-likeness (QED) is 0.817. The van der Waals surface area contributed by atoms with Crippen molar-refractivity contribution in [2.75, 3.05) is 19.6 Å². The molecule has 0 aromatic heterocycles. The second-order valence-electron chi connectivity index (χ2n) is 6.33. The molecule has 2 atom stereocenters. The number of alkyl halides is 3. The van der Waals surface area contributed by atoms with Gasteiger partial charge in [0.1, 0.15) is 0 Å². The molecule has 1 aliphatic rings. The Balaban J connectivity index is 2.63. The summed E-state index contributed by atoms with van der Waals surface area (Å²) < 4.78 is 37.1. The van der Waals surface area contributed by atoms with Crippen molar-refractivity contribution >= 4 is 5.91 Å². The van der Waals surface area contributed by atoms with Crippen LogP contribution in [0.5, 0.6) is 0 Å². The van der Waals surface area contributed by atoms with Crippen molar-refractivity contribution in [3.8, 4) is 0 Å². The fraction of sp³-hybridized carbons (Fsp3) is 0.933. The molecule has 0 saturated carbocycles. The minimum atomic E-state index is -4.21. The fourth-order valence-electron chi connectivity index (χ4n) is 2.86. The van der Waals surface area contributed by atoms with E-state index in [0.717, 1.165) is 25.7 Å². The summed E-state index contributed by atoms with van der Waals surface area (Å²) in [6.07, 6.45) is -0.389. The first-order chi connectivity index (χ1) is 9.73. The number of likely N-dealkylation sites (tertiary alicyclic amines) is 1. The van der Waals surface area contributed by atoms with Gasteiger partial charge >= 0.3 is 6.18 Å². The molecule has 6 heteroatoms. The van der Waals surface area contributed by atoms with Crippen molar-refractivity contribution in [2.24, 2.45) is 11.8 Å². The molecule has 0 radical (unpaired) electrons. The number of nitrogens with one attached hydrogen (secondary N) is 1. The SMILES string of the molecule is CCCCC1CC(NCC(F)(F)F)CN(C(=O)C(C)C)C1. The molecular weight excluding hydrogens is 281 g/mol. The van der Waals surface area contributed by atoms with Crippen LogP contribution in [0.1, 0.15) is 46.5 Å². The Hall–Kier alpha value is -0.780. The molecule has 1 fully saturated rings. The van der Waals surface area contributed by atoms with Crippen molar-refractivity contribution in [1.29, 1.82) is 0 Å². The van der Waals surface area contributed by atoms with Crippen molar-refractivity contribution in [3.63, 3.8) is 0 Å². The van der Waals surface area contributed by atoms with Crippen LogP contribution >= 0.6 is 0 Å². The lowest BCUT2D eigenvalue weighted by molar-refractivity contribution is -0.138. The summed E-state index contributed by atoms with van der Waals surface area (Å²) in [5.41, 5.74) is 0. The molecule has 1 heterocycles. The predicted octanol–water partition coefficient (Wildman–Crippen LogP) is 3.20. The zero-order chi connectivity index (χ0) is 16.0. The van der Waals surface area contributed by atoms with Crippen LogP contribution in [0.15, 0.2) is 0 Å². The number of unbranched alkanes of at least 4 members (excludes halogenated alkanes) is 1. The van der Waals surface area contributed by atoms with Crippen LogP contribution < -0.4 is 5.32 Å². The van der Waals surface area contributed by atoms with E-state index in [1.807, 2.05) is 13.8 Å². The largest absolute Gasteiger partial charge is 0.401 e. The third-order valence-electron chi connectivity index (χ3n) is 3.90. The summed E-state index contributed by atoms with van der Waals surface area (Å²) >= 11 is 0. The first-order valence-electron chi connectivity index (χ1n) is 7.81. The van der Waals surface area contributed by atoms with E-state index in [0.29, 0.717) is 19.0 Å². The highest BCUT2D eigenvalue weighted by atomic mass is 19.4. The van der Waals surface area contributed by atoms with Crippen molar-refractivity contribution in [1.82, 2.24) is 10.2 Å². The number of nitrogens with zero attached hydrogens (tertiary/aromatic N) is 1. The van der Waals surface area contributed by atoms with Crippen LogP contribution in [-0.2, 0) is 4.79 Å². The molecule has 0 bridgehead atoms. The molecule has 0 aliphatic carbocycles. The number of halogens is 3. The topological polar surface area (TPSA) is 32.3 Å². The maximum Gasteiger partial charge on any atom is 0.401 e. The van der Waals surface area contributed by atoms with Gasteiger partial charge in [0.05, 0.1) is 6.54 Å². The maximum absolute atomic E-state index is 12.4. The highest BCUT2D eigenvalue weighted by Gasteiger charge is 2.33. The van der Waals surface area contributed by atoms with E-state index >= 15 is 0 Å². The smallest absolute Gasteiger partial charge is 0.341 e. The number of piperidine rings is 1. The van der Waals surface area contributed by atoms with Crippen molar-refractivity contribution in [2.45, 2.75) is 58.7 Å². The average Bonchev–Trinajstić information content (AvgIpc) is 2.41. The van der Waals surface area contributed by atoms with E-state index in [2.05, 4.69) is 12.2 Å². The average molecular weight is 308 g/mol. The normalized spacial score (nSPS) is 23.7. The first-order valence-corrected chi connectivity index (χ1v) is 7.81. The number of carbonyl (C=O) groups excluding carboxylic acids is 1. The minimum absolute atomic E-state index is 0.0370. The van der Waals surface area contributed by atoms with E-state index in [4.69, 9.17) is 0 Å². The van der Waals surface area contributed by atoms with Crippen LogP contribution in [0, 0.1) is 11.8 Å². The number of rotatable bonds is 6. The summed E-state index contributed by atoms with van der Waals surface area (Å²) in [6, 6.07) is -0.259. The first kappa shape index (κ1) is 18.3. The molecule has 1 aliphatic heterocycles. The zero-order valence-corrected chi connectivity index (χ0v) is 13.2. The lowest BCUT2D eigenvalue weighted by atomic mass is 9.89. The van der Waals surface area contributed by atoms with Gasteiger partial charge in [-0.25, -0.2) is 0 Å². The van der Waals surface area contributed by atoms with Gasteiger partial charge in [0, 0.05) is 25.0 Å². The van der Waals surface area contributed by atoms with E-state index in [1.165, 1.54) is 0 Å². The van der Waals surface area contributed by atoms with Gasteiger partial charge in [-0.15, -0.1) is 0 Å². The van der Waals surface area contributed by atoms with E-state index in [-0.39, 0.29) is 17.9 Å². The maximum atomic E-state index is 12.4. The van der Waals surface area contributed by atoms with Gasteiger partial charge in [-0.2, -0.15) is 13.2 Å². The molecule has 2 unspecified atom stereocenters. The van der Waals surface area contributed by atoms with Crippen LogP contribution in [0.3, 0.4) is 0 Å². The van der Waals surface area contributed by atoms with Gasteiger partial charge in [-0.3, -0.25) is 4.79 Å². The highest BCUT2D eigenvalue weighted by molar-refractivity contribution is 5.78. The summed E-state index contributed by atoms with van der Waals surface area (Å²) in [6.45, 7) is 5.84. The standard InChI is InChI=1S/C15H27F3N2O/c1-4-5-6-12-7-13(19-10-15(16,17)18)9-20(8-12)14(21)11(2)3/h11-13,19H,4-10H2,1-3H3. The predicted molar refractivity (Wildman–Crippen MR) is 76.9 cm³/mol. The number of hydrogen-bond donors (Lipinski definition) is 1. The van der Waals surface area contributed by atoms with Crippen LogP contribution in [-0.4, -0.2) is 42.7 Å². The second-order valence-corrected chi connectivity index (χ2v) is 6.33. The van der Waals surface area contributed by atoms with Gasteiger partial charge in [-0.1, -0.05) is 33.6 Å². The molecule has 1 saturated heterocycles. The van der Waals surface area contributed by atoms with E-state index < -0.39 is 12.7 Å². The third kappa shape index (κ3) is 6.68. The number of carbonyl (C=O) groups is 1. The molecule has 1 N–H and O–H groups in total. The summed E-state index contributed by atoms with van der Waals surface area (Å²) in [5.74, 6) is 0.223. The Labute approximate surface area is 125 Å².